The highest BCUT2D eigenvalue weighted by molar-refractivity contribution is 5.03. The number of hydrogen-bond acceptors (Lipinski definition) is 5. The van der Waals surface area contributed by atoms with E-state index in [0.29, 0.717) is 24.7 Å². The zero-order chi connectivity index (χ0) is 13.7. The Labute approximate surface area is 114 Å². The van der Waals surface area contributed by atoms with Crippen molar-refractivity contribution in [3.63, 3.8) is 0 Å². The number of rotatable bonds is 5. The molecule has 1 saturated carbocycles. The lowest BCUT2D eigenvalue weighted by molar-refractivity contribution is -0.0636. The van der Waals surface area contributed by atoms with Gasteiger partial charge in [0.15, 0.2) is 0 Å². The molecule has 0 aromatic carbocycles. The van der Waals surface area contributed by atoms with Crippen LogP contribution in [-0.2, 0) is 16.8 Å². The summed E-state index contributed by atoms with van der Waals surface area (Å²) in [5.74, 6) is 1.15. The van der Waals surface area contributed by atoms with E-state index in [2.05, 4.69) is 10.1 Å². The Kier molecular flexibility index (Phi) is 4.93. The van der Waals surface area contributed by atoms with Crippen molar-refractivity contribution < 1.29 is 14.4 Å². The second-order valence-corrected chi connectivity index (χ2v) is 5.41. The summed E-state index contributed by atoms with van der Waals surface area (Å²) in [6.45, 7) is 4.37. The Morgan fingerprint density at radius 2 is 2.00 bits per heavy atom. The minimum atomic E-state index is -0.467. The van der Waals surface area contributed by atoms with E-state index in [-0.39, 0.29) is 5.60 Å². The lowest BCUT2D eigenvalue weighted by Crippen LogP contribution is -2.30. The third kappa shape index (κ3) is 3.54. The van der Waals surface area contributed by atoms with Gasteiger partial charge >= 0.3 is 0 Å². The molecule has 1 atom stereocenters. The molecule has 19 heavy (non-hydrogen) atoms. The molecule has 1 fully saturated rings. The van der Waals surface area contributed by atoms with Crippen molar-refractivity contribution in [1.82, 2.24) is 10.1 Å². The maximum Gasteiger partial charge on any atom is 0.229 e. The van der Waals surface area contributed by atoms with Crippen LogP contribution in [-0.4, -0.2) is 28.0 Å². The number of nitrogens with zero attached hydrogens (tertiary/aromatic N) is 2. The van der Waals surface area contributed by atoms with E-state index in [1.165, 1.54) is 12.8 Å². The summed E-state index contributed by atoms with van der Waals surface area (Å²) >= 11 is 0. The van der Waals surface area contributed by atoms with Gasteiger partial charge in [-0.25, -0.2) is 0 Å². The van der Waals surface area contributed by atoms with Gasteiger partial charge in [0.05, 0.1) is 12.5 Å². The standard InChI is InChI=1S/C14H24N2O3/c1-3-18-14(8-6-4-5-7-9-14)13-15-12(19-16-13)10-11(2)17/h11,17H,3-10H2,1-2H3. The summed E-state index contributed by atoms with van der Waals surface area (Å²) < 4.78 is 11.2. The second-order valence-electron chi connectivity index (χ2n) is 5.41. The number of aromatic nitrogens is 2. The zero-order valence-corrected chi connectivity index (χ0v) is 11.9. The van der Waals surface area contributed by atoms with Gasteiger partial charge in [-0.05, 0) is 26.7 Å². The molecule has 5 heteroatoms. The van der Waals surface area contributed by atoms with Gasteiger partial charge in [0.25, 0.3) is 0 Å². The first-order chi connectivity index (χ1) is 9.16. The first kappa shape index (κ1) is 14.5. The Morgan fingerprint density at radius 1 is 1.32 bits per heavy atom. The van der Waals surface area contributed by atoms with Crippen molar-refractivity contribution in [2.45, 2.75) is 70.5 Å². The predicted molar refractivity (Wildman–Crippen MR) is 70.7 cm³/mol. The highest BCUT2D eigenvalue weighted by atomic mass is 16.5. The van der Waals surface area contributed by atoms with Crippen molar-refractivity contribution in [3.8, 4) is 0 Å². The molecule has 0 saturated heterocycles. The number of aliphatic hydroxyl groups is 1. The van der Waals surface area contributed by atoms with Crippen molar-refractivity contribution in [3.05, 3.63) is 11.7 Å². The molecule has 1 heterocycles. The van der Waals surface area contributed by atoms with E-state index in [0.717, 1.165) is 25.7 Å². The Bertz CT molecular complexity index is 382. The van der Waals surface area contributed by atoms with Crippen LogP contribution in [0.15, 0.2) is 4.52 Å². The maximum atomic E-state index is 9.38. The zero-order valence-electron chi connectivity index (χ0n) is 11.9. The van der Waals surface area contributed by atoms with Crippen LogP contribution in [0.25, 0.3) is 0 Å². The number of hydrogen-bond donors (Lipinski definition) is 1. The summed E-state index contributed by atoms with van der Waals surface area (Å²) in [6, 6.07) is 0. The molecule has 0 bridgehead atoms. The molecule has 1 aliphatic rings. The van der Waals surface area contributed by atoms with Gasteiger partial charge in [-0.15, -0.1) is 0 Å². The fourth-order valence-corrected chi connectivity index (χ4v) is 2.78. The predicted octanol–water partition coefficient (Wildman–Crippen LogP) is 2.58. The fraction of sp³-hybridized carbons (Fsp3) is 0.857. The summed E-state index contributed by atoms with van der Waals surface area (Å²) in [5, 5.41) is 13.5. The molecule has 1 aromatic rings. The maximum absolute atomic E-state index is 9.38. The van der Waals surface area contributed by atoms with Crippen LogP contribution < -0.4 is 0 Å². The van der Waals surface area contributed by atoms with Crippen molar-refractivity contribution in [1.29, 1.82) is 0 Å². The van der Waals surface area contributed by atoms with Crippen molar-refractivity contribution in [2.75, 3.05) is 6.61 Å². The monoisotopic (exact) mass is 268 g/mol. The molecule has 0 radical (unpaired) electrons. The van der Waals surface area contributed by atoms with Crippen LogP contribution in [0.1, 0.15) is 64.1 Å². The minimum Gasteiger partial charge on any atom is -0.393 e. The molecule has 1 unspecified atom stereocenters. The topological polar surface area (TPSA) is 68.4 Å². The molecule has 1 N–H and O–H groups in total. The first-order valence-corrected chi connectivity index (χ1v) is 7.31. The molecule has 5 nitrogen and oxygen atoms in total. The Balaban J connectivity index is 2.19. The lowest BCUT2D eigenvalue weighted by atomic mass is 9.93. The SMILES string of the molecule is CCOC1(c2noc(CC(C)O)n2)CCCCCC1. The average molecular weight is 268 g/mol. The molecule has 0 spiro atoms. The summed E-state index contributed by atoms with van der Waals surface area (Å²) in [5.41, 5.74) is -0.383. The van der Waals surface area contributed by atoms with Crippen molar-refractivity contribution >= 4 is 0 Å². The van der Waals surface area contributed by atoms with Crippen LogP contribution >= 0.6 is 0 Å². The smallest absolute Gasteiger partial charge is 0.229 e. The van der Waals surface area contributed by atoms with Crippen molar-refractivity contribution in [2.24, 2.45) is 0 Å². The van der Waals surface area contributed by atoms with Crippen LogP contribution in [0.2, 0.25) is 0 Å². The summed E-state index contributed by atoms with van der Waals surface area (Å²) in [6.07, 6.45) is 6.60. The molecule has 0 aliphatic heterocycles. The Hall–Kier alpha value is -0.940. The molecular weight excluding hydrogens is 244 g/mol. The first-order valence-electron chi connectivity index (χ1n) is 7.31. The average Bonchev–Trinajstić information content (AvgIpc) is 2.69. The fourth-order valence-electron chi connectivity index (χ4n) is 2.78. The lowest BCUT2D eigenvalue weighted by Gasteiger charge is -2.29. The molecular formula is C14H24N2O3. The van der Waals surface area contributed by atoms with E-state index < -0.39 is 6.10 Å². The highest BCUT2D eigenvalue weighted by Gasteiger charge is 2.38. The second kappa shape index (κ2) is 6.48. The highest BCUT2D eigenvalue weighted by Crippen LogP contribution is 2.38. The van der Waals surface area contributed by atoms with Gasteiger partial charge in [-0.3, -0.25) is 0 Å². The molecule has 0 amide bonds. The van der Waals surface area contributed by atoms with E-state index in [1.807, 2.05) is 6.92 Å². The van der Waals surface area contributed by atoms with Gasteiger partial charge in [0.1, 0.15) is 5.60 Å². The van der Waals surface area contributed by atoms with E-state index in [1.54, 1.807) is 6.92 Å². The molecule has 1 aromatic heterocycles. The third-order valence-electron chi connectivity index (χ3n) is 3.68. The van der Waals surface area contributed by atoms with Gasteiger partial charge in [-0.1, -0.05) is 30.8 Å². The van der Waals surface area contributed by atoms with Crippen LogP contribution in [0, 0.1) is 0 Å². The molecule has 108 valence electrons. The largest absolute Gasteiger partial charge is 0.393 e. The molecule has 2 rings (SSSR count). The van der Waals surface area contributed by atoms with Gasteiger partial charge in [0.2, 0.25) is 11.7 Å². The van der Waals surface area contributed by atoms with E-state index in [4.69, 9.17) is 9.26 Å². The Morgan fingerprint density at radius 3 is 2.58 bits per heavy atom. The van der Waals surface area contributed by atoms with Crippen LogP contribution in [0.4, 0.5) is 0 Å². The van der Waals surface area contributed by atoms with E-state index in [9.17, 15) is 5.11 Å². The van der Waals surface area contributed by atoms with Crippen LogP contribution in [0.3, 0.4) is 0 Å². The van der Waals surface area contributed by atoms with Crippen LogP contribution in [0.5, 0.6) is 0 Å². The van der Waals surface area contributed by atoms with E-state index >= 15 is 0 Å². The quantitative estimate of drug-likeness (QED) is 0.831. The van der Waals surface area contributed by atoms with Gasteiger partial charge in [0, 0.05) is 6.61 Å². The number of ether oxygens (including phenoxy) is 1. The van der Waals surface area contributed by atoms with Gasteiger partial charge in [-0.2, -0.15) is 4.98 Å². The normalized spacial score (nSPS) is 21.0. The third-order valence-corrected chi connectivity index (χ3v) is 3.68. The van der Waals surface area contributed by atoms with Gasteiger partial charge < -0.3 is 14.4 Å². The summed E-state index contributed by atoms with van der Waals surface area (Å²) in [4.78, 5) is 4.44. The summed E-state index contributed by atoms with van der Waals surface area (Å²) in [7, 11) is 0. The molecule has 1 aliphatic carbocycles. The number of aliphatic hydroxyl groups excluding tert-OH is 1. The minimum absolute atomic E-state index is 0.383.